The maximum atomic E-state index is 13.5. The van der Waals surface area contributed by atoms with E-state index in [1.54, 1.807) is 30.3 Å². The van der Waals surface area contributed by atoms with E-state index in [0.29, 0.717) is 31.4 Å². The van der Waals surface area contributed by atoms with Crippen LogP contribution in [0.5, 0.6) is 0 Å². The van der Waals surface area contributed by atoms with E-state index in [-0.39, 0.29) is 18.7 Å². The molecule has 2 heterocycles. The van der Waals surface area contributed by atoms with Gasteiger partial charge in [0.05, 0.1) is 6.04 Å². The first kappa shape index (κ1) is 25.7. The Morgan fingerprint density at radius 1 is 1.20 bits per heavy atom. The second kappa shape index (κ2) is 12.0. The highest BCUT2D eigenvalue weighted by atomic mass is 16.2. The number of hydrogen-bond donors (Lipinski definition) is 4. The average molecular weight is 486 g/mol. The molecule has 188 valence electrons. The van der Waals surface area contributed by atoms with Gasteiger partial charge < -0.3 is 16.4 Å². The molecule has 0 radical (unpaired) electrons. The molecular weight excluding hydrogens is 454 g/mol. The lowest BCUT2D eigenvalue weighted by molar-refractivity contribution is -0.176. The van der Waals surface area contributed by atoms with Crippen LogP contribution in [0.15, 0.2) is 35.4 Å². The van der Waals surface area contributed by atoms with Gasteiger partial charge in [-0.1, -0.05) is 31.5 Å². The van der Waals surface area contributed by atoms with Gasteiger partial charge in [0.2, 0.25) is 11.8 Å². The number of amides is 6. The van der Waals surface area contributed by atoms with Crippen molar-refractivity contribution in [1.29, 1.82) is 0 Å². The zero-order valence-electron chi connectivity index (χ0n) is 19.6. The van der Waals surface area contributed by atoms with E-state index in [2.05, 4.69) is 21.2 Å². The van der Waals surface area contributed by atoms with Crippen molar-refractivity contribution in [3.8, 4) is 0 Å². The Kier molecular flexibility index (Phi) is 8.76. The minimum Gasteiger partial charge on any atom is -0.350 e. The predicted octanol–water partition coefficient (Wildman–Crippen LogP) is 0.252. The molecule has 1 aromatic carbocycles. The van der Waals surface area contributed by atoms with Gasteiger partial charge in [-0.3, -0.25) is 24.2 Å². The summed E-state index contributed by atoms with van der Waals surface area (Å²) in [6, 6.07) is 5.26. The molecule has 2 fully saturated rings. The van der Waals surface area contributed by atoms with Gasteiger partial charge in [-0.2, -0.15) is 5.10 Å². The summed E-state index contributed by atoms with van der Waals surface area (Å²) in [6.45, 7) is 2.24. The lowest BCUT2D eigenvalue weighted by Crippen LogP contribution is -2.64. The fraction of sp³-hybridized carbons (Fsp3) is 0.478. The number of nitrogens with one attached hydrogen (secondary N) is 3. The third kappa shape index (κ3) is 6.55. The van der Waals surface area contributed by atoms with Crippen LogP contribution in [0.1, 0.15) is 55.8 Å². The standard InChI is InChI=1S/C23H31N7O5/c1-2-7-16(14-25-28-23(24)35)26-21(33)18-10-6-13-29-19(31)12-11-17(22(34)30(18)29)27-20(32)15-8-4-3-5-9-15/h3-5,8-9,14,16-18H,2,6-7,10-13H2,1H3,(H,26,33)(H,27,32)(H3,24,28,35)/b25-14+/t16-,17-,18-/m0/s1. The number of fused-ring (bicyclic) bond motifs is 1. The first-order valence-corrected chi connectivity index (χ1v) is 11.7. The molecule has 6 amide bonds. The summed E-state index contributed by atoms with van der Waals surface area (Å²) < 4.78 is 0. The summed E-state index contributed by atoms with van der Waals surface area (Å²) in [5.74, 6) is -1.65. The molecule has 3 atom stereocenters. The van der Waals surface area contributed by atoms with Gasteiger partial charge in [-0.15, -0.1) is 0 Å². The Labute approximate surface area is 203 Å². The maximum absolute atomic E-state index is 13.5. The Balaban J connectivity index is 1.78. The lowest BCUT2D eigenvalue weighted by Gasteiger charge is -2.43. The zero-order chi connectivity index (χ0) is 25.4. The molecule has 0 saturated carbocycles. The zero-order valence-corrected chi connectivity index (χ0v) is 19.6. The van der Waals surface area contributed by atoms with E-state index in [0.717, 1.165) is 6.42 Å². The minimum atomic E-state index is -0.946. The molecule has 2 aliphatic rings. The minimum absolute atomic E-state index is 0.0697. The van der Waals surface area contributed by atoms with Crippen LogP contribution in [-0.2, 0) is 14.4 Å². The van der Waals surface area contributed by atoms with E-state index in [1.807, 2.05) is 6.92 Å². The largest absolute Gasteiger partial charge is 0.350 e. The van der Waals surface area contributed by atoms with E-state index < -0.39 is 41.9 Å². The number of hydrazine groups is 1. The summed E-state index contributed by atoms with van der Waals surface area (Å²) in [6.07, 6.45) is 3.74. The number of carbonyl (C=O) groups excluding carboxylic acids is 5. The van der Waals surface area contributed by atoms with Gasteiger partial charge in [-0.25, -0.2) is 15.2 Å². The number of nitrogens with zero attached hydrogens (tertiary/aromatic N) is 3. The van der Waals surface area contributed by atoms with Crippen molar-refractivity contribution >= 4 is 35.9 Å². The van der Waals surface area contributed by atoms with Crippen molar-refractivity contribution in [2.45, 2.75) is 63.6 Å². The van der Waals surface area contributed by atoms with Crippen molar-refractivity contribution in [1.82, 2.24) is 26.1 Å². The highest BCUT2D eigenvalue weighted by molar-refractivity contribution is 5.99. The molecule has 35 heavy (non-hydrogen) atoms. The van der Waals surface area contributed by atoms with E-state index >= 15 is 0 Å². The molecule has 0 spiro atoms. The summed E-state index contributed by atoms with van der Waals surface area (Å²) >= 11 is 0. The third-order valence-corrected chi connectivity index (χ3v) is 5.86. The molecule has 0 unspecified atom stereocenters. The van der Waals surface area contributed by atoms with Crippen LogP contribution in [0.25, 0.3) is 0 Å². The van der Waals surface area contributed by atoms with Crippen LogP contribution >= 0.6 is 0 Å². The second-order valence-electron chi connectivity index (χ2n) is 8.45. The van der Waals surface area contributed by atoms with E-state index in [1.165, 1.54) is 16.2 Å². The first-order chi connectivity index (χ1) is 16.8. The van der Waals surface area contributed by atoms with Gasteiger partial charge in [0.15, 0.2) is 0 Å². The predicted molar refractivity (Wildman–Crippen MR) is 127 cm³/mol. The van der Waals surface area contributed by atoms with Crippen LogP contribution in [-0.4, -0.2) is 70.6 Å². The molecule has 5 N–H and O–H groups in total. The smallest absolute Gasteiger partial charge is 0.332 e. The molecule has 0 bridgehead atoms. The Morgan fingerprint density at radius 3 is 2.63 bits per heavy atom. The Bertz CT molecular complexity index is 984. The first-order valence-electron chi connectivity index (χ1n) is 11.7. The fourth-order valence-electron chi connectivity index (χ4n) is 4.20. The number of primary amides is 1. The maximum Gasteiger partial charge on any atom is 0.332 e. The van der Waals surface area contributed by atoms with Crippen molar-refractivity contribution in [2.24, 2.45) is 10.8 Å². The molecule has 12 heteroatoms. The van der Waals surface area contributed by atoms with Crippen molar-refractivity contribution in [3.05, 3.63) is 35.9 Å². The van der Waals surface area contributed by atoms with Crippen LogP contribution in [0.2, 0.25) is 0 Å². The van der Waals surface area contributed by atoms with Gasteiger partial charge in [0, 0.05) is 24.7 Å². The SMILES string of the molecule is CCC[C@@H](/C=N/NC(N)=O)NC(=O)[C@@H]1CCCN2C(=O)CC[C@H](NC(=O)c3ccccc3)C(=O)N12. The molecule has 2 aliphatic heterocycles. The highest BCUT2D eigenvalue weighted by Gasteiger charge is 2.44. The normalized spacial score (nSPS) is 21.2. The molecule has 12 nitrogen and oxygen atoms in total. The topological polar surface area (TPSA) is 166 Å². The van der Waals surface area contributed by atoms with Gasteiger partial charge in [0.1, 0.15) is 12.1 Å². The number of urea groups is 1. The molecule has 2 saturated heterocycles. The van der Waals surface area contributed by atoms with Gasteiger partial charge in [0.25, 0.3) is 11.8 Å². The fourth-order valence-corrected chi connectivity index (χ4v) is 4.20. The molecular formula is C23H31N7O5. The lowest BCUT2D eigenvalue weighted by atomic mass is 10.0. The van der Waals surface area contributed by atoms with E-state index in [4.69, 9.17) is 5.73 Å². The number of rotatable bonds is 8. The van der Waals surface area contributed by atoms with Crippen LogP contribution in [0.3, 0.4) is 0 Å². The summed E-state index contributed by atoms with van der Waals surface area (Å²) in [5, 5.41) is 11.8. The number of carbonyl (C=O) groups is 5. The summed E-state index contributed by atoms with van der Waals surface area (Å²) in [7, 11) is 0. The van der Waals surface area contributed by atoms with Crippen LogP contribution < -0.4 is 21.8 Å². The Morgan fingerprint density at radius 2 is 1.94 bits per heavy atom. The van der Waals surface area contributed by atoms with Crippen molar-refractivity contribution < 1.29 is 24.0 Å². The quantitative estimate of drug-likeness (QED) is 0.305. The van der Waals surface area contributed by atoms with Crippen LogP contribution in [0, 0.1) is 0 Å². The highest BCUT2D eigenvalue weighted by Crippen LogP contribution is 2.25. The average Bonchev–Trinajstić information content (AvgIpc) is 2.96. The monoisotopic (exact) mass is 485 g/mol. The third-order valence-electron chi connectivity index (χ3n) is 5.86. The second-order valence-corrected chi connectivity index (χ2v) is 8.45. The number of hydrogen-bond acceptors (Lipinski definition) is 6. The number of hydrazone groups is 1. The molecule has 0 aliphatic carbocycles. The summed E-state index contributed by atoms with van der Waals surface area (Å²) in [5.41, 5.74) is 7.49. The van der Waals surface area contributed by atoms with Gasteiger partial charge >= 0.3 is 6.03 Å². The molecule has 1 aromatic rings. The van der Waals surface area contributed by atoms with Crippen molar-refractivity contribution in [2.75, 3.05) is 6.54 Å². The van der Waals surface area contributed by atoms with Gasteiger partial charge in [-0.05, 0) is 37.8 Å². The summed E-state index contributed by atoms with van der Waals surface area (Å²) in [4.78, 5) is 63.1. The number of nitrogens with two attached hydrogens (primary N) is 1. The van der Waals surface area contributed by atoms with Crippen molar-refractivity contribution in [3.63, 3.8) is 0 Å². The molecule has 0 aromatic heterocycles. The van der Waals surface area contributed by atoms with Crippen LogP contribution in [0.4, 0.5) is 4.79 Å². The number of benzene rings is 1. The Hall–Kier alpha value is -3.96. The molecule has 3 rings (SSSR count). The van der Waals surface area contributed by atoms with E-state index in [9.17, 15) is 24.0 Å².